The molecule has 1 N–H and O–H groups in total. The fourth-order valence-electron chi connectivity index (χ4n) is 2.83. The Balaban J connectivity index is 1.77. The highest BCUT2D eigenvalue weighted by Crippen LogP contribution is 2.37. The average Bonchev–Trinajstić information content (AvgIpc) is 3.05. The normalized spacial score (nSPS) is 21.5. The third kappa shape index (κ3) is 2.49. The molecule has 2 saturated heterocycles. The average molecular weight is 325 g/mol. The van der Waals surface area contributed by atoms with Gasteiger partial charge in [-0.1, -0.05) is 13.8 Å². The molecule has 0 bridgehead atoms. The monoisotopic (exact) mass is 325 g/mol. The largest absolute Gasteiger partial charge is 0.465 e. The molecule has 2 aliphatic rings. The molecule has 9 heteroatoms. The molecule has 3 rings (SSSR count). The lowest BCUT2D eigenvalue weighted by atomic mass is 9.92. The van der Waals surface area contributed by atoms with Crippen LogP contribution >= 0.6 is 11.7 Å². The molecule has 0 atom stereocenters. The zero-order chi connectivity index (χ0) is 15.9. The van der Waals surface area contributed by atoms with Gasteiger partial charge in [-0.3, -0.25) is 9.69 Å². The zero-order valence-electron chi connectivity index (χ0n) is 12.7. The second-order valence-corrected chi connectivity index (χ2v) is 6.79. The number of aromatic nitrogens is 2. The zero-order valence-corrected chi connectivity index (χ0v) is 13.5. The first-order valence-electron chi connectivity index (χ1n) is 7.27. The molecule has 0 radical (unpaired) electrons. The lowest BCUT2D eigenvalue weighted by Crippen LogP contribution is -2.48. The van der Waals surface area contributed by atoms with Gasteiger partial charge in [-0.15, -0.1) is 0 Å². The Morgan fingerprint density at radius 1 is 1.14 bits per heavy atom. The summed E-state index contributed by atoms with van der Waals surface area (Å²) in [6, 6.07) is 0. The molecule has 1 aromatic rings. The van der Waals surface area contributed by atoms with Crippen molar-refractivity contribution in [3.8, 4) is 0 Å². The molecule has 1 aromatic heterocycles. The first kappa shape index (κ1) is 15.0. The summed E-state index contributed by atoms with van der Waals surface area (Å²) in [6.45, 7) is 6.55. The molecule has 120 valence electrons. The van der Waals surface area contributed by atoms with Crippen LogP contribution in [0.2, 0.25) is 0 Å². The van der Waals surface area contributed by atoms with Crippen LogP contribution in [0.1, 0.15) is 20.3 Å². The van der Waals surface area contributed by atoms with Crippen molar-refractivity contribution < 1.29 is 14.7 Å². The van der Waals surface area contributed by atoms with Gasteiger partial charge in [-0.2, -0.15) is 8.75 Å². The summed E-state index contributed by atoms with van der Waals surface area (Å²) in [4.78, 5) is 28.5. The second-order valence-electron chi connectivity index (χ2n) is 6.26. The summed E-state index contributed by atoms with van der Waals surface area (Å²) in [5.74, 6) is 1.39. The maximum absolute atomic E-state index is 12.5. The van der Waals surface area contributed by atoms with Crippen LogP contribution in [0.15, 0.2) is 0 Å². The number of piperazine rings is 1. The smallest absolute Gasteiger partial charge is 0.407 e. The van der Waals surface area contributed by atoms with Crippen molar-refractivity contribution in [2.45, 2.75) is 20.3 Å². The van der Waals surface area contributed by atoms with E-state index in [9.17, 15) is 9.59 Å². The third-order valence-electron chi connectivity index (χ3n) is 4.34. The van der Waals surface area contributed by atoms with E-state index in [-0.39, 0.29) is 11.3 Å². The van der Waals surface area contributed by atoms with Gasteiger partial charge in [0, 0.05) is 38.1 Å². The topological polar surface area (TPSA) is 89.9 Å². The molecular weight excluding hydrogens is 306 g/mol. The fraction of sp³-hybridized carbons (Fsp3) is 0.692. The summed E-state index contributed by atoms with van der Waals surface area (Å²) in [5, 5.41) is 9.00. The van der Waals surface area contributed by atoms with Gasteiger partial charge in [0.1, 0.15) is 0 Å². The molecule has 0 aliphatic carbocycles. The molecule has 0 aromatic carbocycles. The van der Waals surface area contributed by atoms with E-state index in [0.29, 0.717) is 44.4 Å². The number of amides is 2. The molecular formula is C13H19N5O3S. The van der Waals surface area contributed by atoms with E-state index < -0.39 is 6.09 Å². The van der Waals surface area contributed by atoms with Crippen molar-refractivity contribution in [1.29, 1.82) is 0 Å². The van der Waals surface area contributed by atoms with Gasteiger partial charge < -0.3 is 14.9 Å². The van der Waals surface area contributed by atoms with Crippen LogP contribution in [0.5, 0.6) is 0 Å². The molecule has 2 amide bonds. The van der Waals surface area contributed by atoms with E-state index in [2.05, 4.69) is 8.75 Å². The summed E-state index contributed by atoms with van der Waals surface area (Å²) in [7, 11) is 0. The quantitative estimate of drug-likeness (QED) is 0.876. The van der Waals surface area contributed by atoms with Gasteiger partial charge in [0.2, 0.25) is 5.91 Å². The van der Waals surface area contributed by atoms with Gasteiger partial charge >= 0.3 is 6.09 Å². The van der Waals surface area contributed by atoms with Gasteiger partial charge in [-0.05, 0) is 6.42 Å². The maximum Gasteiger partial charge on any atom is 0.407 e. The number of carbonyl (C=O) groups excluding carboxylic acids is 1. The minimum atomic E-state index is -0.896. The molecule has 3 heterocycles. The number of hydrogen-bond donors (Lipinski definition) is 1. The Bertz CT molecular complexity index is 594. The summed E-state index contributed by atoms with van der Waals surface area (Å²) >= 11 is 1.09. The second kappa shape index (κ2) is 5.38. The number of nitrogens with zero attached hydrogens (tertiary/aromatic N) is 5. The van der Waals surface area contributed by atoms with Gasteiger partial charge in [-0.25, -0.2) is 4.79 Å². The number of hydrogen-bond acceptors (Lipinski definition) is 6. The van der Waals surface area contributed by atoms with Crippen LogP contribution in [0.4, 0.5) is 16.4 Å². The third-order valence-corrected chi connectivity index (χ3v) is 4.85. The first-order valence-corrected chi connectivity index (χ1v) is 8.00. The van der Waals surface area contributed by atoms with E-state index in [1.807, 2.05) is 18.7 Å². The predicted octanol–water partition coefficient (Wildman–Crippen LogP) is 1.10. The van der Waals surface area contributed by atoms with Crippen LogP contribution < -0.4 is 9.80 Å². The van der Waals surface area contributed by atoms with Crippen molar-refractivity contribution in [2.24, 2.45) is 5.41 Å². The Hall–Kier alpha value is -1.90. The Labute approximate surface area is 132 Å². The van der Waals surface area contributed by atoms with Gasteiger partial charge in [0.05, 0.1) is 11.7 Å². The highest BCUT2D eigenvalue weighted by Gasteiger charge is 2.42. The van der Waals surface area contributed by atoms with Crippen molar-refractivity contribution in [3.05, 3.63) is 0 Å². The SMILES string of the molecule is CC1(C)CCN(c2nsnc2N2CCN(C(=O)O)CC2)C1=O. The number of rotatable bonds is 2. The first-order chi connectivity index (χ1) is 10.4. The summed E-state index contributed by atoms with van der Waals surface area (Å²) in [5.41, 5.74) is -0.358. The molecule has 0 unspecified atom stereocenters. The van der Waals surface area contributed by atoms with Crippen LogP contribution in [0.3, 0.4) is 0 Å². The van der Waals surface area contributed by atoms with Gasteiger partial charge in [0.25, 0.3) is 0 Å². The molecule has 0 saturated carbocycles. The lowest BCUT2D eigenvalue weighted by molar-refractivity contribution is -0.124. The standard InChI is InChI=1S/C13H19N5O3S/c1-13(2)3-4-18(11(13)19)10-9(14-22-15-10)16-5-7-17(8-6-16)12(20)21/h3-8H2,1-2H3,(H,20,21). The lowest BCUT2D eigenvalue weighted by Gasteiger charge is -2.34. The van der Waals surface area contributed by atoms with Crippen molar-refractivity contribution in [3.63, 3.8) is 0 Å². The van der Waals surface area contributed by atoms with Crippen LogP contribution in [0, 0.1) is 5.41 Å². The Kier molecular flexibility index (Phi) is 3.67. The number of anilines is 2. The Morgan fingerprint density at radius 3 is 2.32 bits per heavy atom. The number of carboxylic acid groups (broad SMARTS) is 1. The van der Waals surface area contributed by atoms with E-state index in [4.69, 9.17) is 5.11 Å². The summed E-state index contributed by atoms with van der Waals surface area (Å²) < 4.78 is 8.64. The van der Waals surface area contributed by atoms with Crippen molar-refractivity contribution in [1.82, 2.24) is 13.6 Å². The van der Waals surface area contributed by atoms with Crippen LogP contribution in [-0.2, 0) is 4.79 Å². The highest BCUT2D eigenvalue weighted by molar-refractivity contribution is 6.99. The summed E-state index contributed by atoms with van der Waals surface area (Å²) in [6.07, 6.45) is -0.0944. The van der Waals surface area contributed by atoms with E-state index in [1.54, 1.807) is 4.90 Å². The predicted molar refractivity (Wildman–Crippen MR) is 82.5 cm³/mol. The highest BCUT2D eigenvalue weighted by atomic mass is 32.1. The molecule has 2 aliphatic heterocycles. The number of carbonyl (C=O) groups is 2. The van der Waals surface area contributed by atoms with Crippen molar-refractivity contribution >= 4 is 35.4 Å². The minimum absolute atomic E-state index is 0.0746. The van der Waals surface area contributed by atoms with E-state index >= 15 is 0 Å². The molecule has 8 nitrogen and oxygen atoms in total. The fourth-order valence-corrected chi connectivity index (χ4v) is 3.40. The van der Waals surface area contributed by atoms with E-state index in [0.717, 1.165) is 18.1 Å². The molecule has 0 spiro atoms. The van der Waals surface area contributed by atoms with Crippen molar-refractivity contribution in [2.75, 3.05) is 42.5 Å². The van der Waals surface area contributed by atoms with Crippen LogP contribution in [0.25, 0.3) is 0 Å². The minimum Gasteiger partial charge on any atom is -0.465 e. The molecule has 2 fully saturated rings. The van der Waals surface area contributed by atoms with E-state index in [1.165, 1.54) is 4.90 Å². The van der Waals surface area contributed by atoms with Crippen LogP contribution in [-0.4, -0.2) is 63.5 Å². The molecule has 22 heavy (non-hydrogen) atoms. The Morgan fingerprint density at radius 2 is 1.77 bits per heavy atom. The maximum atomic E-state index is 12.5. The van der Waals surface area contributed by atoms with Gasteiger partial charge in [0.15, 0.2) is 11.6 Å².